The summed E-state index contributed by atoms with van der Waals surface area (Å²) in [5, 5.41) is 7.60. The molecule has 0 aliphatic rings. The molecule has 0 fully saturated rings. The van der Waals surface area contributed by atoms with Gasteiger partial charge in [-0.3, -0.25) is 0 Å². The number of rotatable bonds is 9. The second-order valence-corrected chi connectivity index (χ2v) is 2.90. The van der Waals surface area contributed by atoms with Gasteiger partial charge in [-0.25, -0.2) is 14.4 Å². The van der Waals surface area contributed by atoms with Crippen LogP contribution in [0.4, 0.5) is 0 Å². The van der Waals surface area contributed by atoms with Gasteiger partial charge in [0.25, 0.3) is 0 Å². The second kappa shape index (κ2) is 14.7. The Bertz CT molecular complexity index is 323. The highest BCUT2D eigenvalue weighted by Crippen LogP contribution is 1.83. The van der Waals surface area contributed by atoms with Gasteiger partial charge in [0.2, 0.25) is 0 Å². The Labute approximate surface area is 117 Å². The number of esters is 2. The summed E-state index contributed by atoms with van der Waals surface area (Å²) in [5.74, 6) is -1.96. The number of carboxylic acid groups (broad SMARTS) is 1. The zero-order chi connectivity index (χ0) is 15.8. The highest BCUT2D eigenvalue weighted by Gasteiger charge is 1.96. The van der Waals surface area contributed by atoms with Gasteiger partial charge in [-0.2, -0.15) is 0 Å². The zero-order valence-electron chi connectivity index (χ0n) is 11.1. The Morgan fingerprint density at radius 3 is 1.40 bits per heavy atom. The topological polar surface area (TPSA) is 99.1 Å². The highest BCUT2D eigenvalue weighted by molar-refractivity contribution is 5.81. The van der Waals surface area contributed by atoms with E-state index < -0.39 is 17.9 Å². The average molecular weight is 286 g/mol. The summed E-state index contributed by atoms with van der Waals surface area (Å²) >= 11 is 0. The third-order valence-corrected chi connectivity index (χ3v) is 1.45. The molecule has 0 unspecified atom stereocenters. The Morgan fingerprint density at radius 2 is 1.15 bits per heavy atom. The average Bonchev–Trinajstić information content (AvgIpc) is 2.46. The van der Waals surface area contributed by atoms with E-state index in [1.54, 1.807) is 0 Å². The molecule has 1 N–H and O–H groups in total. The van der Waals surface area contributed by atoms with E-state index in [9.17, 15) is 14.4 Å². The lowest BCUT2D eigenvalue weighted by Gasteiger charge is -2.04. The van der Waals surface area contributed by atoms with Crippen LogP contribution in [0.2, 0.25) is 0 Å². The van der Waals surface area contributed by atoms with Gasteiger partial charge < -0.3 is 19.3 Å². The highest BCUT2D eigenvalue weighted by atomic mass is 16.6. The van der Waals surface area contributed by atoms with Crippen molar-refractivity contribution in [3.05, 3.63) is 38.0 Å². The van der Waals surface area contributed by atoms with Gasteiger partial charge in [0.05, 0.1) is 13.2 Å². The molecule has 20 heavy (non-hydrogen) atoms. The van der Waals surface area contributed by atoms with E-state index in [1.165, 1.54) is 0 Å². The molecule has 0 saturated carbocycles. The van der Waals surface area contributed by atoms with E-state index in [2.05, 4.69) is 29.2 Å². The predicted molar refractivity (Wildman–Crippen MR) is 71.0 cm³/mol. The summed E-state index contributed by atoms with van der Waals surface area (Å²) in [6.07, 6.45) is 2.98. The van der Waals surface area contributed by atoms with Gasteiger partial charge in [0.1, 0.15) is 13.2 Å². The van der Waals surface area contributed by atoms with Crippen LogP contribution in [0.3, 0.4) is 0 Å². The minimum Gasteiger partial charge on any atom is -0.478 e. The minimum absolute atomic E-state index is 0.153. The Morgan fingerprint density at radius 1 is 0.800 bits per heavy atom. The van der Waals surface area contributed by atoms with Crippen molar-refractivity contribution in [3.63, 3.8) is 0 Å². The van der Waals surface area contributed by atoms with Crippen LogP contribution in [0.25, 0.3) is 0 Å². The number of hydrogen-bond donors (Lipinski definition) is 1. The smallest absolute Gasteiger partial charge is 0.330 e. The van der Waals surface area contributed by atoms with Crippen LogP contribution in [-0.4, -0.2) is 49.4 Å². The first-order chi connectivity index (χ1) is 9.47. The molecule has 0 aromatic rings. The molecule has 0 saturated heterocycles. The molecule has 0 radical (unpaired) electrons. The van der Waals surface area contributed by atoms with Crippen molar-refractivity contribution in [2.75, 3.05) is 26.4 Å². The maximum absolute atomic E-state index is 10.6. The van der Waals surface area contributed by atoms with E-state index in [0.29, 0.717) is 0 Å². The molecule has 7 heteroatoms. The molecule has 0 aromatic carbocycles. The monoisotopic (exact) mass is 286 g/mol. The van der Waals surface area contributed by atoms with E-state index in [-0.39, 0.29) is 26.4 Å². The maximum atomic E-state index is 10.6. The molecule has 0 spiro atoms. The predicted octanol–water partition coefficient (Wildman–Crippen LogP) is 0.718. The lowest BCUT2D eigenvalue weighted by Crippen LogP contribution is -2.12. The van der Waals surface area contributed by atoms with Gasteiger partial charge in [-0.05, 0) is 0 Å². The number of ether oxygens (including phenoxy) is 3. The quantitative estimate of drug-likeness (QED) is 0.378. The van der Waals surface area contributed by atoms with Crippen LogP contribution in [0.15, 0.2) is 38.0 Å². The summed E-state index contributed by atoms with van der Waals surface area (Å²) < 4.78 is 14.3. The third-order valence-electron chi connectivity index (χ3n) is 1.45. The zero-order valence-corrected chi connectivity index (χ0v) is 11.1. The minimum atomic E-state index is -0.981. The molecule has 0 aliphatic heterocycles. The maximum Gasteiger partial charge on any atom is 0.330 e. The van der Waals surface area contributed by atoms with Crippen LogP contribution in [-0.2, 0) is 28.6 Å². The fraction of sp³-hybridized carbons (Fsp3) is 0.308. The largest absolute Gasteiger partial charge is 0.478 e. The molecule has 7 nitrogen and oxygen atoms in total. The Kier molecular flexibility index (Phi) is 14.6. The van der Waals surface area contributed by atoms with Crippen LogP contribution in [0.5, 0.6) is 0 Å². The van der Waals surface area contributed by atoms with E-state index in [1.807, 2.05) is 0 Å². The summed E-state index contributed by atoms with van der Waals surface area (Å²) in [7, 11) is 0. The molecule has 0 aromatic heterocycles. The summed E-state index contributed by atoms with van der Waals surface area (Å²) in [5.41, 5.74) is 0. The van der Waals surface area contributed by atoms with Gasteiger partial charge in [0.15, 0.2) is 0 Å². The van der Waals surface area contributed by atoms with Crippen LogP contribution in [0, 0.1) is 0 Å². The van der Waals surface area contributed by atoms with Crippen LogP contribution < -0.4 is 0 Å². The molecule has 0 amide bonds. The summed E-state index contributed by atoms with van der Waals surface area (Å²) in [6.45, 7) is 10.2. The molecule has 0 aliphatic carbocycles. The van der Waals surface area contributed by atoms with Crippen LogP contribution in [0.1, 0.15) is 0 Å². The first-order valence-corrected chi connectivity index (χ1v) is 5.49. The Balaban J connectivity index is 0. The summed E-state index contributed by atoms with van der Waals surface area (Å²) in [6, 6.07) is 0. The number of hydrogen-bond acceptors (Lipinski definition) is 6. The molecule has 0 atom stereocenters. The fourth-order valence-corrected chi connectivity index (χ4v) is 0.622. The molecular formula is C13H18O7. The van der Waals surface area contributed by atoms with Crippen LogP contribution >= 0.6 is 0 Å². The van der Waals surface area contributed by atoms with Gasteiger partial charge in [0, 0.05) is 18.2 Å². The van der Waals surface area contributed by atoms with Crippen molar-refractivity contribution in [2.45, 2.75) is 0 Å². The molecule has 0 bridgehead atoms. The van der Waals surface area contributed by atoms with Crippen molar-refractivity contribution in [1.82, 2.24) is 0 Å². The van der Waals surface area contributed by atoms with Crippen molar-refractivity contribution in [1.29, 1.82) is 0 Å². The number of carbonyl (C=O) groups excluding carboxylic acids is 2. The number of aliphatic carboxylic acids is 1. The summed E-state index contributed by atoms with van der Waals surface area (Å²) in [4.78, 5) is 30.4. The number of carboxylic acids is 1. The molecule has 112 valence electrons. The molecule has 0 heterocycles. The first kappa shape index (κ1) is 19.9. The van der Waals surface area contributed by atoms with Crippen molar-refractivity contribution >= 4 is 17.9 Å². The Hall–Kier alpha value is -2.41. The number of carbonyl (C=O) groups is 3. The lowest BCUT2D eigenvalue weighted by atomic mass is 10.6. The van der Waals surface area contributed by atoms with E-state index >= 15 is 0 Å². The van der Waals surface area contributed by atoms with Gasteiger partial charge >= 0.3 is 17.9 Å². The van der Waals surface area contributed by atoms with Crippen molar-refractivity contribution in [3.8, 4) is 0 Å². The second-order valence-electron chi connectivity index (χ2n) is 2.90. The fourth-order valence-electron chi connectivity index (χ4n) is 0.622. The van der Waals surface area contributed by atoms with Gasteiger partial charge in [-0.1, -0.05) is 19.7 Å². The first-order valence-electron chi connectivity index (χ1n) is 5.49. The van der Waals surface area contributed by atoms with Gasteiger partial charge in [-0.15, -0.1) is 0 Å². The van der Waals surface area contributed by atoms with E-state index in [0.717, 1.165) is 18.2 Å². The van der Waals surface area contributed by atoms with E-state index in [4.69, 9.17) is 9.84 Å². The third kappa shape index (κ3) is 18.0. The van der Waals surface area contributed by atoms with Crippen molar-refractivity contribution < 1.29 is 33.7 Å². The molecular weight excluding hydrogens is 268 g/mol. The normalized spacial score (nSPS) is 8.40. The van der Waals surface area contributed by atoms with Crippen molar-refractivity contribution in [2.24, 2.45) is 0 Å². The standard InChI is InChI=1S/C10H14O5.C3H4O2/c1-3-9(11)14-7-5-13-6-8-15-10(12)4-2;1-2-3(4)5/h3-4H,1-2,5-8H2;2H,1H2,(H,4,5). The lowest BCUT2D eigenvalue weighted by molar-refractivity contribution is -0.140. The SMILES string of the molecule is C=CC(=O)O.C=CC(=O)OCCOCCOC(=O)C=C. The molecule has 0 rings (SSSR count).